The number of H-pyrrole nitrogens is 1. The van der Waals surface area contributed by atoms with E-state index < -0.39 is 0 Å². The lowest BCUT2D eigenvalue weighted by atomic mass is 10.1. The van der Waals surface area contributed by atoms with E-state index in [2.05, 4.69) is 21.4 Å². The average Bonchev–Trinajstić information content (AvgIpc) is 3.30. The van der Waals surface area contributed by atoms with Gasteiger partial charge in [-0.15, -0.1) is 11.3 Å². The minimum absolute atomic E-state index is 0.0157. The highest BCUT2D eigenvalue weighted by atomic mass is 32.1. The molecule has 0 radical (unpaired) electrons. The molecule has 28 heavy (non-hydrogen) atoms. The number of aromatic nitrogens is 2. The van der Waals surface area contributed by atoms with Gasteiger partial charge in [-0.1, -0.05) is 18.2 Å². The van der Waals surface area contributed by atoms with Gasteiger partial charge in [-0.2, -0.15) is 0 Å². The second-order valence-corrected chi connectivity index (χ2v) is 7.72. The second-order valence-electron chi connectivity index (χ2n) is 6.86. The van der Waals surface area contributed by atoms with E-state index in [0.717, 1.165) is 28.2 Å². The molecule has 1 atom stereocenters. The maximum absolute atomic E-state index is 13.1. The number of carbonyl (C=O) groups excluding carboxylic acids is 1. The lowest BCUT2D eigenvalue weighted by molar-refractivity contribution is -0.121. The summed E-state index contributed by atoms with van der Waals surface area (Å²) in [5, 5.41) is 6.90. The third-order valence-electron chi connectivity index (χ3n) is 4.59. The highest BCUT2D eigenvalue weighted by Crippen LogP contribution is 2.24. The zero-order valence-electron chi connectivity index (χ0n) is 15.4. The van der Waals surface area contributed by atoms with Gasteiger partial charge in [0.1, 0.15) is 10.8 Å². The summed E-state index contributed by atoms with van der Waals surface area (Å²) in [4.78, 5) is 20.2. The van der Waals surface area contributed by atoms with Crippen molar-refractivity contribution in [3.8, 4) is 10.6 Å². The van der Waals surface area contributed by atoms with Crippen LogP contribution in [-0.2, 0) is 17.6 Å². The predicted molar refractivity (Wildman–Crippen MR) is 111 cm³/mol. The van der Waals surface area contributed by atoms with Crippen LogP contribution in [0.2, 0.25) is 0 Å². The van der Waals surface area contributed by atoms with Crippen LogP contribution in [0.25, 0.3) is 21.5 Å². The summed E-state index contributed by atoms with van der Waals surface area (Å²) in [6.45, 7) is 2.00. The summed E-state index contributed by atoms with van der Waals surface area (Å²) < 4.78 is 13.1. The van der Waals surface area contributed by atoms with Crippen LogP contribution in [0.4, 0.5) is 4.39 Å². The van der Waals surface area contributed by atoms with Gasteiger partial charge in [-0.05, 0) is 49.2 Å². The second kappa shape index (κ2) is 7.94. The fourth-order valence-electron chi connectivity index (χ4n) is 3.28. The lowest BCUT2D eigenvalue weighted by Gasteiger charge is -2.13. The van der Waals surface area contributed by atoms with Crippen molar-refractivity contribution in [1.82, 2.24) is 15.3 Å². The first kappa shape index (κ1) is 18.4. The molecule has 0 aliphatic heterocycles. The van der Waals surface area contributed by atoms with Crippen LogP contribution in [0, 0.1) is 5.82 Å². The van der Waals surface area contributed by atoms with Crippen molar-refractivity contribution in [1.29, 1.82) is 0 Å². The lowest BCUT2D eigenvalue weighted by Crippen LogP contribution is -2.35. The number of thiazole rings is 1. The summed E-state index contributed by atoms with van der Waals surface area (Å²) in [6, 6.07) is 14.4. The van der Waals surface area contributed by atoms with Gasteiger partial charge in [0.05, 0.1) is 12.1 Å². The first-order chi connectivity index (χ1) is 13.6. The molecular formula is C22H20FN3OS. The number of rotatable bonds is 6. The Labute approximate surface area is 166 Å². The maximum Gasteiger partial charge on any atom is 0.226 e. The summed E-state index contributed by atoms with van der Waals surface area (Å²) in [5.74, 6) is -0.326. The first-order valence-electron chi connectivity index (χ1n) is 9.13. The molecule has 142 valence electrons. The number of nitrogens with zero attached hydrogens (tertiary/aromatic N) is 1. The fraction of sp³-hybridized carbons (Fsp3) is 0.182. The van der Waals surface area contributed by atoms with Crippen LogP contribution in [0.15, 0.2) is 60.1 Å². The van der Waals surface area contributed by atoms with Crippen molar-refractivity contribution in [3.63, 3.8) is 0 Å². The summed E-state index contributed by atoms with van der Waals surface area (Å²) in [5.41, 5.74) is 3.87. The molecule has 0 unspecified atom stereocenters. The number of halogens is 1. The van der Waals surface area contributed by atoms with E-state index in [1.165, 1.54) is 34.4 Å². The van der Waals surface area contributed by atoms with Gasteiger partial charge in [-0.25, -0.2) is 9.37 Å². The number of benzene rings is 2. The number of carbonyl (C=O) groups is 1. The van der Waals surface area contributed by atoms with Gasteiger partial charge in [0.25, 0.3) is 0 Å². The number of hydrogen-bond acceptors (Lipinski definition) is 3. The molecular weight excluding hydrogens is 373 g/mol. The Hall–Kier alpha value is -2.99. The van der Waals surface area contributed by atoms with Gasteiger partial charge in [-0.3, -0.25) is 4.79 Å². The Bertz CT molecular complexity index is 1100. The largest absolute Gasteiger partial charge is 0.361 e. The quantitative estimate of drug-likeness (QED) is 0.498. The van der Waals surface area contributed by atoms with Crippen LogP contribution in [0.5, 0.6) is 0 Å². The van der Waals surface area contributed by atoms with E-state index in [4.69, 9.17) is 0 Å². The standard InChI is InChI=1S/C22H20FN3OS/c1-14(10-16-12-24-20-5-3-2-4-19(16)20)25-21(27)11-18-13-28-22(26-18)15-6-8-17(23)9-7-15/h2-9,12-14,24H,10-11H2,1H3,(H,25,27)/t14-/m1/s1. The number of aromatic amines is 1. The van der Waals surface area contributed by atoms with E-state index in [1.54, 1.807) is 12.1 Å². The number of amides is 1. The maximum atomic E-state index is 13.1. The molecule has 0 spiro atoms. The monoisotopic (exact) mass is 393 g/mol. The Morgan fingerprint density at radius 1 is 1.21 bits per heavy atom. The molecule has 4 rings (SSSR count). The predicted octanol–water partition coefficient (Wildman–Crippen LogP) is 4.72. The molecule has 2 aromatic carbocycles. The molecule has 0 saturated heterocycles. The highest BCUT2D eigenvalue weighted by Gasteiger charge is 2.13. The minimum Gasteiger partial charge on any atom is -0.361 e. The Morgan fingerprint density at radius 2 is 2.00 bits per heavy atom. The third-order valence-corrected chi connectivity index (χ3v) is 5.53. The molecule has 0 aliphatic carbocycles. The highest BCUT2D eigenvalue weighted by molar-refractivity contribution is 7.13. The minimum atomic E-state index is -0.274. The molecule has 1 amide bonds. The van der Waals surface area contributed by atoms with Crippen LogP contribution < -0.4 is 5.32 Å². The van der Waals surface area contributed by atoms with E-state index in [1.807, 2.05) is 36.7 Å². The first-order valence-corrected chi connectivity index (χ1v) is 10.0. The number of fused-ring (bicyclic) bond motifs is 1. The van der Waals surface area contributed by atoms with Crippen LogP contribution in [0.1, 0.15) is 18.2 Å². The van der Waals surface area contributed by atoms with Crippen molar-refractivity contribution in [3.05, 3.63) is 77.2 Å². The summed E-state index contributed by atoms with van der Waals surface area (Å²) in [6.07, 6.45) is 2.99. The van der Waals surface area contributed by atoms with Crippen molar-refractivity contribution in [2.45, 2.75) is 25.8 Å². The molecule has 6 heteroatoms. The van der Waals surface area contributed by atoms with Gasteiger partial charge in [0, 0.05) is 34.1 Å². The molecule has 2 aromatic heterocycles. The van der Waals surface area contributed by atoms with Gasteiger partial charge in [0.2, 0.25) is 5.91 Å². The third kappa shape index (κ3) is 4.12. The molecule has 2 heterocycles. The summed E-state index contributed by atoms with van der Waals surface area (Å²) in [7, 11) is 0. The Morgan fingerprint density at radius 3 is 2.82 bits per heavy atom. The topological polar surface area (TPSA) is 57.8 Å². The number of para-hydroxylation sites is 1. The van der Waals surface area contributed by atoms with E-state index in [-0.39, 0.29) is 24.2 Å². The van der Waals surface area contributed by atoms with E-state index in [9.17, 15) is 9.18 Å². The molecule has 0 aliphatic rings. The van der Waals surface area contributed by atoms with Crippen molar-refractivity contribution < 1.29 is 9.18 Å². The smallest absolute Gasteiger partial charge is 0.226 e. The molecule has 4 aromatic rings. The van der Waals surface area contributed by atoms with E-state index >= 15 is 0 Å². The molecule has 2 N–H and O–H groups in total. The van der Waals surface area contributed by atoms with Crippen molar-refractivity contribution >= 4 is 28.1 Å². The number of hydrogen-bond donors (Lipinski definition) is 2. The van der Waals surface area contributed by atoms with E-state index in [0.29, 0.717) is 0 Å². The average molecular weight is 393 g/mol. The zero-order chi connectivity index (χ0) is 19.5. The fourth-order valence-corrected chi connectivity index (χ4v) is 4.11. The zero-order valence-corrected chi connectivity index (χ0v) is 16.2. The van der Waals surface area contributed by atoms with Crippen LogP contribution in [0.3, 0.4) is 0 Å². The molecule has 0 bridgehead atoms. The number of nitrogens with one attached hydrogen (secondary N) is 2. The van der Waals surface area contributed by atoms with Gasteiger partial charge < -0.3 is 10.3 Å². The summed E-state index contributed by atoms with van der Waals surface area (Å²) >= 11 is 1.46. The SMILES string of the molecule is C[C@H](Cc1c[nH]c2ccccc12)NC(=O)Cc1csc(-c2ccc(F)cc2)n1. The molecule has 0 saturated carbocycles. The molecule has 4 nitrogen and oxygen atoms in total. The Kier molecular flexibility index (Phi) is 5.21. The normalized spacial score (nSPS) is 12.2. The molecule has 0 fully saturated rings. The van der Waals surface area contributed by atoms with Gasteiger partial charge >= 0.3 is 0 Å². The van der Waals surface area contributed by atoms with Crippen molar-refractivity contribution in [2.24, 2.45) is 0 Å². The van der Waals surface area contributed by atoms with Gasteiger partial charge in [0.15, 0.2) is 0 Å². The Balaban J connectivity index is 1.36. The van der Waals surface area contributed by atoms with Crippen LogP contribution in [-0.4, -0.2) is 21.9 Å². The van der Waals surface area contributed by atoms with Crippen LogP contribution >= 0.6 is 11.3 Å². The van der Waals surface area contributed by atoms with Crippen molar-refractivity contribution in [2.75, 3.05) is 0 Å².